The van der Waals surface area contributed by atoms with Crippen LogP contribution in [-0.2, 0) is 0 Å². The molecule has 3 aromatic rings. The van der Waals surface area contributed by atoms with Crippen LogP contribution in [0.3, 0.4) is 0 Å². The van der Waals surface area contributed by atoms with Crippen molar-refractivity contribution in [2.45, 2.75) is 13.3 Å². The van der Waals surface area contributed by atoms with Gasteiger partial charge >= 0.3 is 0 Å². The van der Waals surface area contributed by atoms with Crippen molar-refractivity contribution in [2.75, 3.05) is 47.8 Å². The van der Waals surface area contributed by atoms with Crippen molar-refractivity contribution in [3.05, 3.63) is 48.7 Å². The molecule has 26 heavy (non-hydrogen) atoms. The lowest BCUT2D eigenvalue weighted by Crippen LogP contribution is -2.47. The summed E-state index contributed by atoms with van der Waals surface area (Å²) < 4.78 is 0. The highest BCUT2D eigenvalue weighted by molar-refractivity contribution is 5.90. The second kappa shape index (κ2) is 7.56. The number of anilines is 3. The summed E-state index contributed by atoms with van der Waals surface area (Å²) in [6, 6.07) is 14.3. The predicted molar refractivity (Wildman–Crippen MR) is 107 cm³/mol. The van der Waals surface area contributed by atoms with Crippen LogP contribution in [0, 0.1) is 0 Å². The van der Waals surface area contributed by atoms with E-state index in [4.69, 9.17) is 9.97 Å². The summed E-state index contributed by atoms with van der Waals surface area (Å²) in [6.07, 6.45) is 2.91. The number of nitrogens with zero attached hydrogens (tertiary/aromatic N) is 5. The Morgan fingerprint density at radius 1 is 0.923 bits per heavy atom. The molecule has 1 N–H and O–H groups in total. The third-order valence-electron chi connectivity index (χ3n) is 4.67. The van der Waals surface area contributed by atoms with E-state index in [1.807, 2.05) is 30.5 Å². The van der Waals surface area contributed by atoms with Crippen molar-refractivity contribution in [3.63, 3.8) is 0 Å². The highest BCUT2D eigenvalue weighted by Gasteiger charge is 2.21. The van der Waals surface area contributed by atoms with E-state index in [1.165, 1.54) is 0 Å². The number of hydrogen-bond donors (Lipinski definition) is 1. The molecule has 0 atom stereocenters. The highest BCUT2D eigenvalue weighted by Crippen LogP contribution is 2.24. The molecule has 2 aromatic heterocycles. The zero-order valence-electron chi connectivity index (χ0n) is 15.1. The zero-order chi connectivity index (χ0) is 17.8. The van der Waals surface area contributed by atoms with Gasteiger partial charge < -0.3 is 15.1 Å². The summed E-state index contributed by atoms with van der Waals surface area (Å²) in [6.45, 7) is 6.70. The first-order valence-electron chi connectivity index (χ1n) is 9.27. The molecule has 4 rings (SSSR count). The van der Waals surface area contributed by atoms with Crippen LogP contribution in [0.4, 0.5) is 17.6 Å². The van der Waals surface area contributed by atoms with Gasteiger partial charge in [-0.05, 0) is 30.7 Å². The molecule has 6 nitrogen and oxygen atoms in total. The Hall–Kier alpha value is -2.89. The Labute approximate surface area is 153 Å². The summed E-state index contributed by atoms with van der Waals surface area (Å²) in [5.41, 5.74) is 0.989. The van der Waals surface area contributed by atoms with Gasteiger partial charge in [-0.2, -0.15) is 4.98 Å². The van der Waals surface area contributed by atoms with E-state index in [-0.39, 0.29) is 0 Å². The van der Waals surface area contributed by atoms with Gasteiger partial charge in [-0.25, -0.2) is 9.97 Å². The summed E-state index contributed by atoms with van der Waals surface area (Å²) >= 11 is 0. The number of para-hydroxylation sites is 1. The highest BCUT2D eigenvalue weighted by atomic mass is 15.3. The van der Waals surface area contributed by atoms with Gasteiger partial charge in [-0.3, -0.25) is 0 Å². The fourth-order valence-corrected chi connectivity index (χ4v) is 3.26. The number of hydrogen-bond acceptors (Lipinski definition) is 6. The molecule has 1 fully saturated rings. The van der Waals surface area contributed by atoms with Crippen LogP contribution < -0.4 is 15.1 Å². The molecule has 0 radical (unpaired) electrons. The van der Waals surface area contributed by atoms with Crippen LogP contribution in [0.2, 0.25) is 0 Å². The van der Waals surface area contributed by atoms with Gasteiger partial charge in [-0.1, -0.05) is 25.1 Å². The van der Waals surface area contributed by atoms with Crippen LogP contribution in [0.25, 0.3) is 10.9 Å². The first-order valence-corrected chi connectivity index (χ1v) is 9.27. The standard InChI is InChI=1S/C20H24N6/c1-2-10-22-19-16-7-3-4-8-17(16)23-20(24-19)26-14-12-25(13-15-26)18-9-5-6-11-21-18/h3-9,11H,2,10,12-15H2,1H3,(H,22,23,24). The number of piperazine rings is 1. The molecule has 0 saturated carbocycles. The number of fused-ring (bicyclic) bond motifs is 1. The van der Waals surface area contributed by atoms with Gasteiger partial charge in [-0.15, -0.1) is 0 Å². The Morgan fingerprint density at radius 3 is 2.46 bits per heavy atom. The molecule has 1 aliphatic rings. The maximum atomic E-state index is 4.83. The largest absolute Gasteiger partial charge is 0.369 e. The number of rotatable bonds is 5. The number of benzene rings is 1. The molecule has 1 saturated heterocycles. The van der Waals surface area contributed by atoms with Crippen molar-refractivity contribution in [2.24, 2.45) is 0 Å². The number of nitrogens with one attached hydrogen (secondary N) is 1. The average molecular weight is 348 g/mol. The molecule has 1 aromatic carbocycles. The molecule has 134 valence electrons. The fraction of sp³-hybridized carbons (Fsp3) is 0.350. The Bertz CT molecular complexity index is 859. The zero-order valence-corrected chi connectivity index (χ0v) is 15.1. The summed E-state index contributed by atoms with van der Waals surface area (Å²) in [7, 11) is 0. The van der Waals surface area contributed by atoms with Gasteiger partial charge in [0.15, 0.2) is 0 Å². The first kappa shape index (κ1) is 16.6. The lowest BCUT2D eigenvalue weighted by atomic mass is 10.2. The van der Waals surface area contributed by atoms with E-state index in [0.29, 0.717) is 0 Å². The van der Waals surface area contributed by atoms with Crippen LogP contribution in [-0.4, -0.2) is 47.7 Å². The lowest BCUT2D eigenvalue weighted by molar-refractivity contribution is 0.636. The summed E-state index contributed by atoms with van der Waals surface area (Å²) in [4.78, 5) is 18.7. The van der Waals surface area contributed by atoms with Crippen molar-refractivity contribution in [1.82, 2.24) is 15.0 Å². The average Bonchev–Trinajstić information content (AvgIpc) is 2.72. The lowest BCUT2D eigenvalue weighted by Gasteiger charge is -2.35. The van der Waals surface area contributed by atoms with Crippen molar-refractivity contribution >= 4 is 28.5 Å². The van der Waals surface area contributed by atoms with Crippen LogP contribution >= 0.6 is 0 Å². The SMILES string of the molecule is CCCNc1nc(N2CCN(c3ccccn3)CC2)nc2ccccc12. The molecule has 0 bridgehead atoms. The maximum absolute atomic E-state index is 4.83. The molecule has 3 heterocycles. The van der Waals surface area contributed by atoms with Gasteiger partial charge in [0.25, 0.3) is 0 Å². The van der Waals surface area contributed by atoms with Gasteiger partial charge in [0.2, 0.25) is 5.95 Å². The van der Waals surface area contributed by atoms with Gasteiger partial charge in [0, 0.05) is 44.3 Å². The summed E-state index contributed by atoms with van der Waals surface area (Å²) in [5, 5.41) is 4.53. The normalized spacial score (nSPS) is 14.7. The van der Waals surface area contributed by atoms with E-state index >= 15 is 0 Å². The Kier molecular flexibility index (Phi) is 4.82. The Morgan fingerprint density at radius 2 is 1.69 bits per heavy atom. The van der Waals surface area contributed by atoms with E-state index in [2.05, 4.69) is 45.2 Å². The van der Waals surface area contributed by atoms with E-state index < -0.39 is 0 Å². The second-order valence-corrected chi connectivity index (χ2v) is 6.48. The Balaban J connectivity index is 1.55. The minimum atomic E-state index is 0.808. The quantitative estimate of drug-likeness (QED) is 0.764. The van der Waals surface area contributed by atoms with Gasteiger partial charge in [0.1, 0.15) is 11.6 Å². The topological polar surface area (TPSA) is 57.2 Å². The van der Waals surface area contributed by atoms with E-state index in [9.17, 15) is 0 Å². The molecular weight excluding hydrogens is 324 g/mol. The maximum Gasteiger partial charge on any atom is 0.228 e. The fourth-order valence-electron chi connectivity index (χ4n) is 3.26. The van der Waals surface area contributed by atoms with Gasteiger partial charge in [0.05, 0.1) is 5.52 Å². The van der Waals surface area contributed by atoms with Crippen LogP contribution in [0.5, 0.6) is 0 Å². The molecule has 6 heteroatoms. The van der Waals surface area contributed by atoms with Crippen molar-refractivity contribution in [1.29, 1.82) is 0 Å². The third-order valence-corrected chi connectivity index (χ3v) is 4.67. The minimum Gasteiger partial charge on any atom is -0.369 e. The number of aromatic nitrogens is 3. The van der Waals surface area contributed by atoms with E-state index in [1.54, 1.807) is 0 Å². The van der Waals surface area contributed by atoms with Crippen molar-refractivity contribution < 1.29 is 0 Å². The minimum absolute atomic E-state index is 0.808. The molecule has 0 amide bonds. The third kappa shape index (κ3) is 3.40. The molecule has 0 spiro atoms. The van der Waals surface area contributed by atoms with Crippen molar-refractivity contribution in [3.8, 4) is 0 Å². The summed E-state index contributed by atoms with van der Waals surface area (Å²) in [5.74, 6) is 2.78. The molecular formula is C20H24N6. The predicted octanol–water partition coefficient (Wildman–Crippen LogP) is 3.17. The first-order chi connectivity index (χ1) is 12.8. The second-order valence-electron chi connectivity index (χ2n) is 6.48. The molecule has 1 aliphatic heterocycles. The van der Waals surface area contributed by atoms with Crippen LogP contribution in [0.15, 0.2) is 48.7 Å². The van der Waals surface area contributed by atoms with E-state index in [0.717, 1.165) is 67.6 Å². The smallest absolute Gasteiger partial charge is 0.228 e. The molecule has 0 unspecified atom stereocenters. The number of pyridine rings is 1. The molecule has 0 aliphatic carbocycles. The van der Waals surface area contributed by atoms with Crippen LogP contribution in [0.1, 0.15) is 13.3 Å². The monoisotopic (exact) mass is 348 g/mol.